The number of nitrogen functional groups attached to an aromatic ring is 1. The zero-order valence-electron chi connectivity index (χ0n) is 10.8. The number of hydrogen-bond acceptors (Lipinski definition) is 3. The molecule has 0 fully saturated rings. The van der Waals surface area contributed by atoms with Gasteiger partial charge in [0.25, 0.3) is 10.0 Å². The third-order valence-corrected chi connectivity index (χ3v) is 4.25. The molecule has 3 N–H and O–H groups in total. The lowest BCUT2D eigenvalue weighted by Gasteiger charge is -2.12. The molecule has 2 aromatic rings. The van der Waals surface area contributed by atoms with Gasteiger partial charge < -0.3 is 5.73 Å². The van der Waals surface area contributed by atoms with E-state index in [0.29, 0.717) is 23.4 Å². The van der Waals surface area contributed by atoms with Crippen LogP contribution in [0.25, 0.3) is 0 Å². The predicted octanol–water partition coefficient (Wildman–Crippen LogP) is 2.80. The van der Waals surface area contributed by atoms with Crippen LogP contribution in [0.5, 0.6) is 0 Å². The van der Waals surface area contributed by atoms with Gasteiger partial charge in [0.05, 0.1) is 10.6 Å². The maximum Gasteiger partial charge on any atom is 0.262 e. The first kappa shape index (κ1) is 15.2. The molecule has 0 aromatic heterocycles. The Morgan fingerprint density at radius 2 is 1.76 bits per heavy atom. The largest absolute Gasteiger partial charge is 0.399 e. The summed E-state index contributed by atoms with van der Waals surface area (Å²) in [5, 5.41) is 0. The van der Waals surface area contributed by atoms with Crippen LogP contribution in [-0.2, 0) is 10.0 Å². The highest BCUT2D eigenvalue weighted by molar-refractivity contribution is 7.92. The number of anilines is 2. The fraction of sp³-hybridized carbons (Fsp3) is 0.0769. The molecule has 4 nitrogen and oxygen atoms in total. The minimum absolute atomic E-state index is 0.166. The van der Waals surface area contributed by atoms with Crippen molar-refractivity contribution >= 4 is 21.4 Å². The predicted molar refractivity (Wildman–Crippen MR) is 72.7 cm³/mol. The third-order valence-electron chi connectivity index (χ3n) is 2.73. The molecule has 0 saturated carbocycles. The summed E-state index contributed by atoms with van der Waals surface area (Å²) in [6.07, 6.45) is 0. The Morgan fingerprint density at radius 1 is 1.10 bits per heavy atom. The van der Waals surface area contributed by atoms with Crippen LogP contribution in [0.15, 0.2) is 35.2 Å². The van der Waals surface area contributed by atoms with Gasteiger partial charge in [0.1, 0.15) is 5.82 Å². The number of nitrogens with one attached hydrogen (secondary N) is 1. The number of aryl methyl sites for hydroxylation is 1. The molecule has 21 heavy (non-hydrogen) atoms. The molecule has 0 spiro atoms. The Labute approximate surface area is 119 Å². The smallest absolute Gasteiger partial charge is 0.262 e. The zero-order chi connectivity index (χ0) is 15.8. The van der Waals surface area contributed by atoms with Gasteiger partial charge >= 0.3 is 0 Å². The third kappa shape index (κ3) is 3.10. The van der Waals surface area contributed by atoms with E-state index in [-0.39, 0.29) is 4.90 Å². The average molecular weight is 316 g/mol. The van der Waals surface area contributed by atoms with E-state index in [4.69, 9.17) is 5.73 Å². The van der Waals surface area contributed by atoms with Crippen molar-refractivity contribution < 1.29 is 21.6 Å². The fourth-order valence-corrected chi connectivity index (χ4v) is 3.08. The molecule has 112 valence electrons. The molecule has 8 heteroatoms. The molecule has 0 saturated heterocycles. The van der Waals surface area contributed by atoms with Gasteiger partial charge in [0.15, 0.2) is 11.6 Å². The highest BCUT2D eigenvalue weighted by Crippen LogP contribution is 2.24. The molecule has 0 unspecified atom stereocenters. The Kier molecular flexibility index (Phi) is 3.82. The molecule has 0 aliphatic rings. The summed E-state index contributed by atoms with van der Waals surface area (Å²) < 4.78 is 65.8. The fourth-order valence-electron chi connectivity index (χ4n) is 1.80. The maximum absolute atomic E-state index is 13.5. The lowest BCUT2D eigenvalue weighted by molar-refractivity contribution is 0.498. The van der Waals surface area contributed by atoms with E-state index in [1.165, 1.54) is 25.1 Å². The van der Waals surface area contributed by atoms with Crippen LogP contribution < -0.4 is 10.5 Å². The van der Waals surface area contributed by atoms with Crippen LogP contribution in [-0.4, -0.2) is 8.42 Å². The number of rotatable bonds is 3. The molecule has 0 aliphatic carbocycles. The van der Waals surface area contributed by atoms with E-state index >= 15 is 0 Å². The highest BCUT2D eigenvalue weighted by Gasteiger charge is 2.21. The monoisotopic (exact) mass is 316 g/mol. The van der Waals surface area contributed by atoms with Crippen LogP contribution in [0.1, 0.15) is 5.56 Å². The van der Waals surface area contributed by atoms with Gasteiger partial charge in [-0.2, -0.15) is 0 Å². The molecule has 0 atom stereocenters. The Hall–Kier alpha value is -2.22. The number of hydrogen-bond donors (Lipinski definition) is 2. The van der Waals surface area contributed by atoms with Crippen LogP contribution >= 0.6 is 0 Å². The minimum atomic E-state index is -4.20. The Morgan fingerprint density at radius 3 is 2.38 bits per heavy atom. The number of halogens is 3. The van der Waals surface area contributed by atoms with Gasteiger partial charge in [-0.3, -0.25) is 4.72 Å². The topological polar surface area (TPSA) is 72.2 Å². The maximum atomic E-state index is 13.5. The van der Waals surface area contributed by atoms with E-state index in [2.05, 4.69) is 0 Å². The summed E-state index contributed by atoms with van der Waals surface area (Å²) in [5.41, 5.74) is 5.39. The van der Waals surface area contributed by atoms with Crippen molar-refractivity contribution in [2.24, 2.45) is 0 Å². The average Bonchev–Trinajstić information content (AvgIpc) is 2.34. The van der Waals surface area contributed by atoms with E-state index < -0.39 is 33.2 Å². The van der Waals surface area contributed by atoms with Gasteiger partial charge in [0.2, 0.25) is 0 Å². The van der Waals surface area contributed by atoms with E-state index in [1.807, 2.05) is 4.72 Å². The van der Waals surface area contributed by atoms with Gasteiger partial charge in [-0.1, -0.05) is 0 Å². The molecule has 0 bridgehead atoms. The van der Waals surface area contributed by atoms with Gasteiger partial charge in [-0.15, -0.1) is 0 Å². The SMILES string of the molecule is Cc1cc(N)ccc1S(=O)(=O)Nc1cc(F)cc(F)c1F. The second kappa shape index (κ2) is 5.28. The summed E-state index contributed by atoms with van der Waals surface area (Å²) in [7, 11) is -4.20. The van der Waals surface area contributed by atoms with E-state index in [0.717, 1.165) is 0 Å². The Balaban J connectivity index is 2.47. The highest BCUT2D eigenvalue weighted by atomic mass is 32.2. The van der Waals surface area contributed by atoms with E-state index in [9.17, 15) is 21.6 Å². The number of sulfonamides is 1. The molecular weight excluding hydrogens is 305 g/mol. The molecule has 2 aromatic carbocycles. The molecular formula is C13H11F3N2O2S. The first-order chi connectivity index (χ1) is 9.70. The van der Waals surface area contributed by atoms with Crippen LogP contribution in [0.2, 0.25) is 0 Å². The van der Waals surface area contributed by atoms with Crippen LogP contribution in [0, 0.1) is 24.4 Å². The van der Waals surface area contributed by atoms with Crippen molar-refractivity contribution in [2.75, 3.05) is 10.5 Å². The molecule has 0 amide bonds. The summed E-state index contributed by atoms with van der Waals surface area (Å²) in [4.78, 5) is -0.166. The standard InChI is InChI=1S/C13H11F3N2O2S/c1-7-4-9(17)2-3-12(7)21(19,20)18-11-6-8(14)5-10(15)13(11)16/h2-6,18H,17H2,1H3. The van der Waals surface area contributed by atoms with Gasteiger partial charge in [-0.25, -0.2) is 21.6 Å². The molecule has 0 heterocycles. The minimum Gasteiger partial charge on any atom is -0.399 e. The van der Waals surface area contributed by atoms with Crippen molar-refractivity contribution in [1.29, 1.82) is 0 Å². The molecule has 0 radical (unpaired) electrons. The van der Waals surface area contributed by atoms with E-state index in [1.54, 1.807) is 0 Å². The van der Waals surface area contributed by atoms with Crippen molar-refractivity contribution in [3.05, 3.63) is 53.3 Å². The summed E-state index contributed by atoms with van der Waals surface area (Å²) in [6.45, 7) is 1.49. The molecule has 2 rings (SSSR count). The van der Waals surface area contributed by atoms with Crippen LogP contribution in [0.4, 0.5) is 24.5 Å². The quantitative estimate of drug-likeness (QED) is 0.675. The van der Waals surface area contributed by atoms with Crippen molar-refractivity contribution in [3.63, 3.8) is 0 Å². The summed E-state index contributed by atoms with van der Waals surface area (Å²) in [5.74, 6) is -4.06. The second-order valence-corrected chi connectivity index (χ2v) is 6.03. The first-order valence-electron chi connectivity index (χ1n) is 5.74. The number of nitrogens with two attached hydrogens (primary N) is 1. The second-order valence-electron chi connectivity index (χ2n) is 4.38. The summed E-state index contributed by atoms with van der Waals surface area (Å²) in [6, 6.07) is 4.87. The normalized spacial score (nSPS) is 11.4. The molecule has 0 aliphatic heterocycles. The van der Waals surface area contributed by atoms with Crippen molar-refractivity contribution in [2.45, 2.75) is 11.8 Å². The summed E-state index contributed by atoms with van der Waals surface area (Å²) >= 11 is 0. The van der Waals surface area contributed by atoms with Crippen molar-refractivity contribution in [3.8, 4) is 0 Å². The first-order valence-corrected chi connectivity index (χ1v) is 7.22. The lowest BCUT2D eigenvalue weighted by atomic mass is 10.2. The van der Waals surface area contributed by atoms with Gasteiger partial charge in [-0.05, 0) is 30.7 Å². The zero-order valence-corrected chi connectivity index (χ0v) is 11.6. The van der Waals surface area contributed by atoms with Crippen LogP contribution in [0.3, 0.4) is 0 Å². The lowest BCUT2D eigenvalue weighted by Crippen LogP contribution is -2.16. The Bertz CT molecular complexity index is 807. The number of benzene rings is 2. The van der Waals surface area contributed by atoms with Crippen molar-refractivity contribution in [1.82, 2.24) is 0 Å². The van der Waals surface area contributed by atoms with Gasteiger partial charge in [0, 0.05) is 17.8 Å².